The summed E-state index contributed by atoms with van der Waals surface area (Å²) < 4.78 is 25.9. The fourth-order valence-electron chi connectivity index (χ4n) is 2.84. The van der Waals surface area contributed by atoms with Gasteiger partial charge in [-0.05, 0) is 42.1 Å². The zero-order valence-corrected chi connectivity index (χ0v) is 17.4. The number of anilines is 3. The molecule has 9 nitrogen and oxygen atoms in total. The van der Waals surface area contributed by atoms with Crippen LogP contribution in [-0.4, -0.2) is 41.7 Å². The summed E-state index contributed by atoms with van der Waals surface area (Å²) in [5.74, 6) is 0.756. The molecule has 0 bridgehead atoms. The molecule has 32 heavy (non-hydrogen) atoms. The van der Waals surface area contributed by atoms with Gasteiger partial charge in [-0.15, -0.1) is 0 Å². The first-order valence-electron chi connectivity index (χ1n) is 9.71. The molecule has 0 amide bonds. The molecule has 0 aliphatic carbocycles. The molecule has 12 heteroatoms. The monoisotopic (exact) mass is 457 g/mol. The van der Waals surface area contributed by atoms with Crippen molar-refractivity contribution in [2.24, 2.45) is 0 Å². The van der Waals surface area contributed by atoms with Crippen LogP contribution in [0.5, 0.6) is 0 Å². The highest BCUT2D eigenvalue weighted by atomic mass is 35.5. The Morgan fingerprint density at radius 2 is 1.62 bits per heavy atom. The average molecular weight is 458 g/mol. The molecular weight excluding hydrogens is 440 g/mol. The first-order valence-corrected chi connectivity index (χ1v) is 10.1. The van der Waals surface area contributed by atoms with Gasteiger partial charge in [0.2, 0.25) is 17.2 Å². The lowest BCUT2D eigenvalue weighted by Gasteiger charge is -2.06. The van der Waals surface area contributed by atoms with Gasteiger partial charge in [0.1, 0.15) is 11.6 Å². The highest BCUT2D eigenvalue weighted by Crippen LogP contribution is 2.16. The second-order valence-corrected chi connectivity index (χ2v) is 7.11. The largest absolute Gasteiger partial charge is 0.354 e. The van der Waals surface area contributed by atoms with E-state index in [0.29, 0.717) is 31.0 Å². The van der Waals surface area contributed by atoms with Gasteiger partial charge in [-0.25, -0.2) is 18.7 Å². The molecular formula is C20H18ClF2N9. The standard InChI is InChI=1S/C20H18ClF2N9/c21-18-28-19(24-8-7-16-25-10-14(23)11-26-16)30-20(29-18)27-17-9-15(31-32-17)6-3-12-1-4-13(22)5-2-12/h1-2,4-5,9-11H,3,6-8H2,(H3,24,27,28,29,30,31,32). The lowest BCUT2D eigenvalue weighted by Crippen LogP contribution is -2.11. The minimum atomic E-state index is -0.487. The van der Waals surface area contributed by atoms with Gasteiger partial charge < -0.3 is 10.6 Å². The normalized spacial score (nSPS) is 10.8. The molecule has 0 atom stereocenters. The van der Waals surface area contributed by atoms with Gasteiger partial charge in [0.15, 0.2) is 11.6 Å². The third-order valence-corrected chi connectivity index (χ3v) is 4.55. The van der Waals surface area contributed by atoms with Gasteiger partial charge in [-0.3, -0.25) is 5.10 Å². The molecule has 0 aliphatic rings. The molecule has 0 radical (unpaired) electrons. The summed E-state index contributed by atoms with van der Waals surface area (Å²) in [4.78, 5) is 20.1. The van der Waals surface area contributed by atoms with Crippen LogP contribution < -0.4 is 10.6 Å². The topological polar surface area (TPSA) is 117 Å². The molecule has 0 fully saturated rings. The van der Waals surface area contributed by atoms with Crippen molar-refractivity contribution in [3.63, 3.8) is 0 Å². The second-order valence-electron chi connectivity index (χ2n) is 6.78. The molecule has 0 spiro atoms. The Hall–Kier alpha value is -3.73. The minimum absolute atomic E-state index is 0.00935. The number of aromatic amines is 1. The molecule has 0 unspecified atom stereocenters. The van der Waals surface area contributed by atoms with E-state index in [-0.39, 0.29) is 23.0 Å². The molecule has 0 saturated carbocycles. The van der Waals surface area contributed by atoms with Crippen LogP contribution >= 0.6 is 11.6 Å². The van der Waals surface area contributed by atoms with Crippen molar-refractivity contribution in [1.82, 2.24) is 35.1 Å². The summed E-state index contributed by atoms with van der Waals surface area (Å²) in [5, 5.41) is 13.1. The summed E-state index contributed by atoms with van der Waals surface area (Å²) in [5.41, 5.74) is 1.93. The highest BCUT2D eigenvalue weighted by Gasteiger charge is 2.08. The highest BCUT2D eigenvalue weighted by molar-refractivity contribution is 6.28. The van der Waals surface area contributed by atoms with Gasteiger partial charge in [-0.1, -0.05) is 12.1 Å². The van der Waals surface area contributed by atoms with Crippen LogP contribution in [0.4, 0.5) is 26.5 Å². The fraction of sp³-hybridized carbons (Fsp3) is 0.200. The van der Waals surface area contributed by atoms with Gasteiger partial charge in [0.25, 0.3) is 0 Å². The summed E-state index contributed by atoms with van der Waals surface area (Å²) in [7, 11) is 0. The van der Waals surface area contributed by atoms with Crippen LogP contribution in [0.2, 0.25) is 5.28 Å². The first-order chi connectivity index (χ1) is 15.5. The Bertz CT molecular complexity index is 1170. The third kappa shape index (κ3) is 6.14. The number of nitrogens with one attached hydrogen (secondary N) is 3. The van der Waals surface area contributed by atoms with E-state index in [1.54, 1.807) is 12.1 Å². The van der Waals surface area contributed by atoms with E-state index in [1.807, 2.05) is 6.07 Å². The Balaban J connectivity index is 1.32. The number of aryl methyl sites for hydroxylation is 2. The lowest BCUT2D eigenvalue weighted by molar-refractivity contribution is 0.608. The van der Waals surface area contributed by atoms with Crippen molar-refractivity contribution in [3.05, 3.63) is 76.7 Å². The smallest absolute Gasteiger partial charge is 0.234 e. The van der Waals surface area contributed by atoms with E-state index in [4.69, 9.17) is 11.6 Å². The van der Waals surface area contributed by atoms with E-state index < -0.39 is 5.82 Å². The van der Waals surface area contributed by atoms with Crippen LogP contribution in [-0.2, 0) is 19.3 Å². The van der Waals surface area contributed by atoms with Crippen molar-refractivity contribution in [2.75, 3.05) is 17.2 Å². The molecule has 1 aromatic carbocycles. The van der Waals surface area contributed by atoms with Crippen molar-refractivity contribution in [3.8, 4) is 0 Å². The molecule has 3 heterocycles. The van der Waals surface area contributed by atoms with Crippen LogP contribution in [0.3, 0.4) is 0 Å². The first kappa shape index (κ1) is 21.5. The van der Waals surface area contributed by atoms with Crippen LogP contribution in [0.1, 0.15) is 17.1 Å². The minimum Gasteiger partial charge on any atom is -0.354 e. The zero-order chi connectivity index (χ0) is 22.3. The van der Waals surface area contributed by atoms with Crippen molar-refractivity contribution in [1.29, 1.82) is 0 Å². The SMILES string of the molecule is Fc1ccc(CCc2cc(Nc3nc(Cl)nc(NCCc4ncc(F)cn4)n3)n[nH]2)cc1. The lowest BCUT2D eigenvalue weighted by atomic mass is 10.1. The number of hydrogen-bond donors (Lipinski definition) is 3. The van der Waals surface area contributed by atoms with Gasteiger partial charge >= 0.3 is 0 Å². The third-order valence-electron chi connectivity index (χ3n) is 4.38. The molecule has 4 aromatic rings. The Morgan fingerprint density at radius 1 is 0.875 bits per heavy atom. The molecule has 0 aliphatic heterocycles. The van der Waals surface area contributed by atoms with Crippen molar-refractivity contribution >= 4 is 29.3 Å². The van der Waals surface area contributed by atoms with Crippen LogP contribution in [0.25, 0.3) is 0 Å². The zero-order valence-electron chi connectivity index (χ0n) is 16.7. The number of nitrogens with zero attached hydrogens (tertiary/aromatic N) is 6. The summed E-state index contributed by atoms with van der Waals surface area (Å²) in [6, 6.07) is 8.24. The number of aromatic nitrogens is 7. The van der Waals surface area contributed by atoms with E-state index in [2.05, 4.69) is 45.8 Å². The number of rotatable bonds is 9. The summed E-state index contributed by atoms with van der Waals surface area (Å²) >= 11 is 6.00. The van der Waals surface area contributed by atoms with E-state index >= 15 is 0 Å². The number of hydrogen-bond acceptors (Lipinski definition) is 8. The average Bonchev–Trinajstić information content (AvgIpc) is 3.21. The van der Waals surface area contributed by atoms with E-state index in [1.165, 1.54) is 12.1 Å². The Morgan fingerprint density at radius 3 is 2.41 bits per heavy atom. The maximum atomic E-state index is 13.0. The summed E-state index contributed by atoms with van der Waals surface area (Å²) in [6.45, 7) is 0.418. The molecule has 164 valence electrons. The van der Waals surface area contributed by atoms with Gasteiger partial charge in [0, 0.05) is 24.7 Å². The summed E-state index contributed by atoms with van der Waals surface area (Å²) in [6.07, 6.45) is 4.12. The number of benzene rings is 1. The fourth-order valence-corrected chi connectivity index (χ4v) is 3.00. The van der Waals surface area contributed by atoms with Crippen molar-refractivity contribution in [2.45, 2.75) is 19.3 Å². The quantitative estimate of drug-likeness (QED) is 0.349. The maximum Gasteiger partial charge on any atom is 0.234 e. The predicted molar refractivity (Wildman–Crippen MR) is 115 cm³/mol. The molecule has 3 aromatic heterocycles. The van der Waals surface area contributed by atoms with Crippen LogP contribution in [0.15, 0.2) is 42.7 Å². The number of halogens is 3. The predicted octanol–water partition coefficient (Wildman–Crippen LogP) is 3.50. The molecule has 0 saturated heterocycles. The van der Waals surface area contributed by atoms with Crippen LogP contribution in [0, 0.1) is 11.6 Å². The second kappa shape index (κ2) is 10.1. The van der Waals surface area contributed by atoms with E-state index in [9.17, 15) is 8.78 Å². The maximum absolute atomic E-state index is 13.0. The Kier molecular flexibility index (Phi) is 6.75. The van der Waals surface area contributed by atoms with Crippen molar-refractivity contribution < 1.29 is 8.78 Å². The number of H-pyrrole nitrogens is 1. The molecule has 3 N–H and O–H groups in total. The van der Waals surface area contributed by atoms with Gasteiger partial charge in [0.05, 0.1) is 12.4 Å². The van der Waals surface area contributed by atoms with Gasteiger partial charge in [-0.2, -0.15) is 20.1 Å². The van der Waals surface area contributed by atoms with E-state index in [0.717, 1.165) is 30.1 Å². The molecule has 4 rings (SSSR count). The Labute approximate surface area is 186 Å².